The van der Waals surface area contributed by atoms with Gasteiger partial charge in [-0.1, -0.05) is 96.8 Å². The van der Waals surface area contributed by atoms with Crippen molar-refractivity contribution < 1.29 is 48.2 Å². The molecule has 8 aromatic carbocycles. The van der Waals surface area contributed by atoms with Crippen LogP contribution in [0.15, 0.2) is 146 Å². The Balaban J connectivity index is 0.962. The molecule has 0 saturated heterocycles. The SMILES string of the molecule is C#CCOc1ccc2cc(C(=O)OCC(O)COc3ccc4ccccc4c3-c3c(OCC(O)COC(=O)c4ccc5cc(OCC#C)ccc5c4)ccc4ccccc34)ccc2c1. The van der Waals surface area contributed by atoms with Crippen LogP contribution in [0.25, 0.3) is 54.2 Å². The van der Waals surface area contributed by atoms with Crippen LogP contribution in [0.2, 0.25) is 0 Å². The van der Waals surface area contributed by atoms with Crippen molar-refractivity contribution >= 4 is 55.0 Å². The fourth-order valence-corrected chi connectivity index (χ4v) is 7.37. The second-order valence-corrected chi connectivity index (χ2v) is 14.9. The van der Waals surface area contributed by atoms with Gasteiger partial charge in [0.15, 0.2) is 0 Å². The molecule has 0 spiro atoms. The predicted molar refractivity (Wildman–Crippen MR) is 247 cm³/mol. The molecule has 318 valence electrons. The average Bonchev–Trinajstić information content (AvgIpc) is 3.33. The first kappa shape index (κ1) is 42.7. The third-order valence-electron chi connectivity index (χ3n) is 10.4. The van der Waals surface area contributed by atoms with E-state index in [-0.39, 0.29) is 39.6 Å². The van der Waals surface area contributed by atoms with Crippen molar-refractivity contribution in [2.45, 2.75) is 12.2 Å². The fourth-order valence-electron chi connectivity index (χ4n) is 7.37. The summed E-state index contributed by atoms with van der Waals surface area (Å²) < 4.78 is 34.7. The Labute approximate surface area is 369 Å². The van der Waals surface area contributed by atoms with Crippen LogP contribution in [0.1, 0.15) is 20.7 Å². The molecule has 0 amide bonds. The normalized spacial score (nSPS) is 11.9. The molecule has 10 nitrogen and oxygen atoms in total. The van der Waals surface area contributed by atoms with Gasteiger partial charge in [0.1, 0.15) is 74.8 Å². The standard InChI is InChI=1S/C54H42O10/c1-3-25-59-45-21-17-37-27-41(15-13-39(37)29-45)53(57)63-33-43(55)31-61-49-23-19-35-9-5-7-11-47(35)51(49)52-48-12-8-6-10-36(48)20-24-50(52)62-32-44(56)34-64-54(58)42-16-14-40-30-46(60-26-4-2)22-18-38(40)28-42/h1-2,5-24,27-30,43-44,55-56H,25-26,31-34H2. The monoisotopic (exact) mass is 850 g/mol. The quantitative estimate of drug-likeness (QED) is 0.0676. The maximum atomic E-state index is 13.1. The molecule has 8 aromatic rings. The van der Waals surface area contributed by atoms with Gasteiger partial charge < -0.3 is 38.6 Å². The van der Waals surface area contributed by atoms with E-state index in [4.69, 9.17) is 41.3 Å². The first-order valence-electron chi connectivity index (χ1n) is 20.5. The minimum atomic E-state index is -1.16. The van der Waals surface area contributed by atoms with Crippen LogP contribution in [0.3, 0.4) is 0 Å². The first-order valence-corrected chi connectivity index (χ1v) is 20.5. The van der Waals surface area contributed by atoms with Crippen LogP contribution in [-0.4, -0.2) is 74.0 Å². The van der Waals surface area contributed by atoms with Gasteiger partial charge in [0.25, 0.3) is 0 Å². The van der Waals surface area contributed by atoms with Crippen LogP contribution < -0.4 is 18.9 Å². The van der Waals surface area contributed by atoms with Crippen molar-refractivity contribution in [1.29, 1.82) is 0 Å². The molecule has 0 fully saturated rings. The number of hydrogen-bond acceptors (Lipinski definition) is 10. The van der Waals surface area contributed by atoms with E-state index in [0.29, 0.717) is 45.3 Å². The fraction of sp³-hybridized carbons (Fsp3) is 0.148. The lowest BCUT2D eigenvalue weighted by atomic mass is 9.92. The van der Waals surface area contributed by atoms with Crippen LogP contribution in [0, 0.1) is 24.7 Å². The van der Waals surface area contributed by atoms with Crippen LogP contribution in [0.4, 0.5) is 0 Å². The topological polar surface area (TPSA) is 130 Å². The van der Waals surface area contributed by atoms with Crippen molar-refractivity contribution in [2.24, 2.45) is 0 Å². The third-order valence-corrected chi connectivity index (χ3v) is 10.4. The van der Waals surface area contributed by atoms with Gasteiger partial charge in [-0.15, -0.1) is 12.8 Å². The number of ether oxygens (including phenoxy) is 6. The van der Waals surface area contributed by atoms with E-state index in [9.17, 15) is 19.8 Å². The summed E-state index contributed by atoms with van der Waals surface area (Å²) >= 11 is 0. The van der Waals surface area contributed by atoms with Gasteiger partial charge >= 0.3 is 11.9 Å². The van der Waals surface area contributed by atoms with Crippen molar-refractivity contribution in [2.75, 3.05) is 39.6 Å². The van der Waals surface area contributed by atoms with E-state index in [1.807, 2.05) is 97.1 Å². The molecule has 0 bridgehead atoms. The largest absolute Gasteiger partial charge is 0.490 e. The highest BCUT2D eigenvalue weighted by Crippen LogP contribution is 2.45. The van der Waals surface area contributed by atoms with E-state index in [2.05, 4.69) is 11.8 Å². The second-order valence-electron chi connectivity index (χ2n) is 14.9. The molecule has 0 aliphatic carbocycles. The van der Waals surface area contributed by atoms with Crippen molar-refractivity contribution in [3.05, 3.63) is 157 Å². The van der Waals surface area contributed by atoms with E-state index in [0.717, 1.165) is 43.1 Å². The Hall–Kier alpha value is -8.02. The van der Waals surface area contributed by atoms with Crippen LogP contribution in [-0.2, 0) is 9.47 Å². The number of aliphatic hydroxyl groups excluding tert-OH is 2. The van der Waals surface area contributed by atoms with Gasteiger partial charge in [-0.05, 0) is 104 Å². The molecule has 0 radical (unpaired) electrons. The highest BCUT2D eigenvalue weighted by Gasteiger charge is 2.22. The lowest BCUT2D eigenvalue weighted by Gasteiger charge is -2.21. The number of carbonyl (C=O) groups excluding carboxylic acids is 2. The molecule has 0 saturated carbocycles. The molecule has 0 aromatic heterocycles. The highest BCUT2D eigenvalue weighted by molar-refractivity contribution is 6.10. The molecule has 2 atom stereocenters. The number of aliphatic hydroxyl groups is 2. The summed E-state index contributed by atoms with van der Waals surface area (Å²) in [6.07, 6.45) is 8.27. The lowest BCUT2D eigenvalue weighted by Crippen LogP contribution is -2.25. The average molecular weight is 851 g/mol. The zero-order valence-corrected chi connectivity index (χ0v) is 34.6. The Kier molecular flexibility index (Phi) is 13.2. The summed E-state index contributed by atoms with van der Waals surface area (Å²) in [4.78, 5) is 26.1. The number of hydrogen-bond donors (Lipinski definition) is 2. The number of esters is 2. The third kappa shape index (κ3) is 9.86. The Morgan fingerprint density at radius 2 is 0.844 bits per heavy atom. The Morgan fingerprint density at radius 1 is 0.453 bits per heavy atom. The molecule has 8 rings (SSSR count). The van der Waals surface area contributed by atoms with Gasteiger partial charge in [0.2, 0.25) is 0 Å². The second kappa shape index (κ2) is 19.8. The molecule has 2 N–H and O–H groups in total. The molecular formula is C54H42O10. The van der Waals surface area contributed by atoms with Crippen molar-refractivity contribution in [3.8, 4) is 58.8 Å². The highest BCUT2D eigenvalue weighted by atomic mass is 16.6. The van der Waals surface area contributed by atoms with E-state index >= 15 is 0 Å². The Bertz CT molecular complexity index is 2880. The number of fused-ring (bicyclic) bond motifs is 4. The van der Waals surface area contributed by atoms with E-state index < -0.39 is 24.1 Å². The summed E-state index contributed by atoms with van der Waals surface area (Å²) in [5.74, 6) is 5.84. The minimum Gasteiger partial charge on any atom is -0.490 e. The molecule has 0 heterocycles. The maximum Gasteiger partial charge on any atom is 0.338 e. The molecule has 0 aliphatic heterocycles. The van der Waals surface area contributed by atoms with Crippen molar-refractivity contribution in [3.63, 3.8) is 0 Å². The maximum absolute atomic E-state index is 13.1. The number of rotatable bonds is 17. The molecule has 0 aliphatic rings. The minimum absolute atomic E-state index is 0.151. The number of carbonyl (C=O) groups is 2. The molecule has 2 unspecified atom stereocenters. The summed E-state index contributed by atoms with van der Waals surface area (Å²) in [7, 11) is 0. The van der Waals surface area contributed by atoms with Crippen LogP contribution >= 0.6 is 0 Å². The van der Waals surface area contributed by atoms with Gasteiger partial charge in [-0.2, -0.15) is 0 Å². The zero-order chi connectivity index (χ0) is 44.4. The molecular weight excluding hydrogens is 809 g/mol. The number of terminal acetylenes is 2. The van der Waals surface area contributed by atoms with Gasteiger partial charge in [0.05, 0.1) is 11.1 Å². The van der Waals surface area contributed by atoms with E-state index in [1.165, 1.54) is 0 Å². The van der Waals surface area contributed by atoms with E-state index in [1.54, 1.807) is 48.5 Å². The summed E-state index contributed by atoms with van der Waals surface area (Å²) in [5, 5.41) is 29.0. The molecule has 64 heavy (non-hydrogen) atoms. The smallest absolute Gasteiger partial charge is 0.338 e. The Morgan fingerprint density at radius 3 is 1.28 bits per heavy atom. The summed E-state index contributed by atoms with van der Waals surface area (Å²) in [6.45, 7) is -0.706. The first-order chi connectivity index (χ1) is 31.3. The predicted octanol–water partition coefficient (Wildman–Crippen LogP) is 9.18. The van der Waals surface area contributed by atoms with Gasteiger partial charge in [0, 0.05) is 11.1 Å². The zero-order valence-electron chi connectivity index (χ0n) is 34.6. The van der Waals surface area contributed by atoms with Crippen LogP contribution in [0.5, 0.6) is 23.0 Å². The summed E-state index contributed by atoms with van der Waals surface area (Å²) in [5.41, 5.74) is 2.05. The number of benzene rings is 8. The van der Waals surface area contributed by atoms with Gasteiger partial charge in [-0.3, -0.25) is 0 Å². The van der Waals surface area contributed by atoms with Crippen molar-refractivity contribution in [1.82, 2.24) is 0 Å². The summed E-state index contributed by atoms with van der Waals surface area (Å²) in [6, 6.07) is 44.4. The molecule has 10 heteroatoms. The lowest BCUT2D eigenvalue weighted by molar-refractivity contribution is 0.0126. The van der Waals surface area contributed by atoms with Gasteiger partial charge in [-0.25, -0.2) is 9.59 Å².